The fraction of sp³-hybridized carbons (Fsp3) is 0.800. The maximum Gasteiger partial charge on any atom is 0.303 e. The lowest BCUT2D eigenvalue weighted by molar-refractivity contribution is -0.139. The van der Waals surface area contributed by atoms with Gasteiger partial charge in [-0.1, -0.05) is 33.1 Å². The van der Waals surface area contributed by atoms with Gasteiger partial charge in [-0.2, -0.15) is 0 Å². The Morgan fingerprint density at radius 1 is 1.35 bits per heavy atom. The largest absolute Gasteiger partial charge is 0.481 e. The number of carbonyl (C=O) groups is 1. The van der Waals surface area contributed by atoms with Gasteiger partial charge in [-0.05, 0) is 24.2 Å². The smallest absolute Gasteiger partial charge is 0.303 e. The van der Waals surface area contributed by atoms with E-state index in [0.29, 0.717) is 24.1 Å². The van der Waals surface area contributed by atoms with Gasteiger partial charge in [-0.15, -0.1) is 10.2 Å². The Bertz CT molecular complexity index is 450. The SMILES string of the molecule is CCC(C)Cc1nnc(CC2(CC(=O)O)CCCC2)o1. The Morgan fingerprint density at radius 3 is 2.60 bits per heavy atom. The first-order valence-electron chi connectivity index (χ1n) is 7.56. The number of nitrogens with zero attached hydrogens (tertiary/aromatic N) is 2. The predicted molar refractivity (Wildman–Crippen MR) is 74.3 cm³/mol. The topological polar surface area (TPSA) is 76.2 Å². The lowest BCUT2D eigenvalue weighted by Gasteiger charge is -2.24. The van der Waals surface area contributed by atoms with Gasteiger partial charge >= 0.3 is 5.97 Å². The van der Waals surface area contributed by atoms with Crippen molar-refractivity contribution in [1.82, 2.24) is 10.2 Å². The molecule has 112 valence electrons. The van der Waals surface area contributed by atoms with Gasteiger partial charge in [-0.3, -0.25) is 4.79 Å². The highest BCUT2D eigenvalue weighted by Gasteiger charge is 2.37. The number of aliphatic carboxylic acids is 1. The number of rotatable bonds is 7. The van der Waals surface area contributed by atoms with Gasteiger partial charge in [0.25, 0.3) is 0 Å². The van der Waals surface area contributed by atoms with Crippen molar-refractivity contribution >= 4 is 5.97 Å². The molecule has 1 aliphatic rings. The van der Waals surface area contributed by atoms with Gasteiger partial charge < -0.3 is 9.52 Å². The van der Waals surface area contributed by atoms with E-state index in [1.165, 1.54) is 0 Å². The Morgan fingerprint density at radius 2 is 2.00 bits per heavy atom. The molecule has 0 bridgehead atoms. The van der Waals surface area contributed by atoms with E-state index in [-0.39, 0.29) is 11.8 Å². The van der Waals surface area contributed by atoms with Crippen LogP contribution in [0.5, 0.6) is 0 Å². The summed E-state index contributed by atoms with van der Waals surface area (Å²) in [7, 11) is 0. The molecule has 2 rings (SSSR count). The first-order valence-corrected chi connectivity index (χ1v) is 7.56. The van der Waals surface area contributed by atoms with Crippen molar-refractivity contribution in [1.29, 1.82) is 0 Å². The molecule has 0 spiro atoms. The Hall–Kier alpha value is -1.39. The molecule has 5 nitrogen and oxygen atoms in total. The molecule has 0 aromatic carbocycles. The fourth-order valence-corrected chi connectivity index (χ4v) is 3.07. The predicted octanol–water partition coefficient (Wildman–Crippen LogP) is 3.24. The third-order valence-electron chi connectivity index (χ3n) is 4.45. The molecular weight excluding hydrogens is 256 g/mol. The number of aromatic nitrogens is 2. The lowest BCUT2D eigenvalue weighted by atomic mass is 9.79. The molecule has 1 atom stereocenters. The molecule has 0 radical (unpaired) electrons. The zero-order valence-corrected chi connectivity index (χ0v) is 12.4. The van der Waals surface area contributed by atoms with Crippen LogP contribution in [0.2, 0.25) is 0 Å². The van der Waals surface area contributed by atoms with Crippen LogP contribution in [-0.4, -0.2) is 21.3 Å². The third-order valence-corrected chi connectivity index (χ3v) is 4.45. The summed E-state index contributed by atoms with van der Waals surface area (Å²) in [6.07, 6.45) is 6.78. The summed E-state index contributed by atoms with van der Waals surface area (Å²) in [6, 6.07) is 0. The highest BCUT2D eigenvalue weighted by molar-refractivity contribution is 5.67. The van der Waals surface area contributed by atoms with Crippen LogP contribution in [0, 0.1) is 11.3 Å². The number of carboxylic acids is 1. The van der Waals surface area contributed by atoms with Crippen molar-refractivity contribution in [3.05, 3.63) is 11.8 Å². The summed E-state index contributed by atoms with van der Waals surface area (Å²) >= 11 is 0. The van der Waals surface area contributed by atoms with Gasteiger partial charge in [0.2, 0.25) is 11.8 Å². The van der Waals surface area contributed by atoms with Crippen LogP contribution in [0.25, 0.3) is 0 Å². The maximum atomic E-state index is 11.1. The molecule has 1 unspecified atom stereocenters. The fourth-order valence-electron chi connectivity index (χ4n) is 3.07. The van der Waals surface area contributed by atoms with Gasteiger partial charge in [0.05, 0.1) is 6.42 Å². The van der Waals surface area contributed by atoms with E-state index in [4.69, 9.17) is 9.52 Å². The van der Waals surface area contributed by atoms with E-state index in [1.807, 2.05) is 0 Å². The quantitative estimate of drug-likeness (QED) is 0.829. The molecule has 1 aromatic heterocycles. The number of hydrogen-bond donors (Lipinski definition) is 1. The van der Waals surface area contributed by atoms with E-state index in [9.17, 15) is 4.79 Å². The number of hydrogen-bond acceptors (Lipinski definition) is 4. The zero-order chi connectivity index (χ0) is 14.6. The molecule has 1 saturated carbocycles. The molecule has 1 aromatic rings. The Balaban J connectivity index is 2.02. The Kier molecular flexibility index (Phi) is 4.78. The Labute approximate surface area is 119 Å². The average molecular weight is 280 g/mol. The van der Waals surface area contributed by atoms with Crippen molar-refractivity contribution in [2.45, 2.75) is 65.2 Å². The summed E-state index contributed by atoms with van der Waals surface area (Å²) in [6.45, 7) is 4.30. The minimum atomic E-state index is -0.730. The van der Waals surface area contributed by atoms with Crippen molar-refractivity contribution in [3.63, 3.8) is 0 Å². The van der Waals surface area contributed by atoms with Crippen molar-refractivity contribution in [2.75, 3.05) is 0 Å². The summed E-state index contributed by atoms with van der Waals surface area (Å²) < 4.78 is 5.71. The van der Waals surface area contributed by atoms with Crippen LogP contribution in [0.1, 0.15) is 64.2 Å². The zero-order valence-electron chi connectivity index (χ0n) is 12.4. The van der Waals surface area contributed by atoms with Crippen LogP contribution in [-0.2, 0) is 17.6 Å². The molecule has 5 heteroatoms. The first kappa shape index (κ1) is 15.0. The first-order chi connectivity index (χ1) is 9.53. The molecule has 1 fully saturated rings. The van der Waals surface area contributed by atoms with Gasteiger partial charge in [0.15, 0.2) is 0 Å². The van der Waals surface area contributed by atoms with Crippen molar-refractivity contribution in [2.24, 2.45) is 11.3 Å². The van der Waals surface area contributed by atoms with Crippen LogP contribution < -0.4 is 0 Å². The van der Waals surface area contributed by atoms with Crippen LogP contribution in [0.15, 0.2) is 4.42 Å². The summed E-state index contributed by atoms with van der Waals surface area (Å²) in [4.78, 5) is 11.1. The summed E-state index contributed by atoms with van der Waals surface area (Å²) in [5.74, 6) is 1.08. The molecule has 1 aliphatic carbocycles. The monoisotopic (exact) mass is 280 g/mol. The van der Waals surface area contributed by atoms with E-state index >= 15 is 0 Å². The van der Waals surface area contributed by atoms with Crippen LogP contribution in [0.3, 0.4) is 0 Å². The number of carboxylic acid groups (broad SMARTS) is 1. The highest BCUT2D eigenvalue weighted by Crippen LogP contribution is 2.43. The van der Waals surface area contributed by atoms with Crippen LogP contribution in [0.4, 0.5) is 0 Å². The average Bonchev–Trinajstić information content (AvgIpc) is 2.99. The van der Waals surface area contributed by atoms with Gasteiger partial charge in [0, 0.05) is 12.8 Å². The second-order valence-corrected chi connectivity index (χ2v) is 6.26. The molecule has 1 N–H and O–H groups in total. The van der Waals surface area contributed by atoms with Gasteiger partial charge in [0.1, 0.15) is 0 Å². The molecule has 0 aliphatic heterocycles. The normalized spacial score (nSPS) is 19.1. The minimum Gasteiger partial charge on any atom is -0.481 e. The van der Waals surface area contributed by atoms with E-state index in [0.717, 1.165) is 38.5 Å². The van der Waals surface area contributed by atoms with E-state index in [1.54, 1.807) is 0 Å². The van der Waals surface area contributed by atoms with Gasteiger partial charge in [-0.25, -0.2) is 0 Å². The standard InChI is InChI=1S/C15H24N2O3/c1-3-11(2)8-12-16-17-13(20-12)9-15(10-14(18)19)6-4-5-7-15/h11H,3-10H2,1-2H3,(H,18,19). The summed E-state index contributed by atoms with van der Waals surface area (Å²) in [5, 5.41) is 17.3. The second-order valence-electron chi connectivity index (χ2n) is 6.26. The summed E-state index contributed by atoms with van der Waals surface area (Å²) in [5.41, 5.74) is -0.175. The highest BCUT2D eigenvalue weighted by atomic mass is 16.4. The lowest BCUT2D eigenvalue weighted by Crippen LogP contribution is -2.24. The molecule has 1 heterocycles. The molecular formula is C15H24N2O3. The second kappa shape index (κ2) is 6.37. The molecule has 0 saturated heterocycles. The van der Waals surface area contributed by atoms with Crippen LogP contribution >= 0.6 is 0 Å². The van der Waals surface area contributed by atoms with E-state index < -0.39 is 5.97 Å². The third kappa shape index (κ3) is 3.81. The minimum absolute atomic E-state index is 0.175. The molecule has 20 heavy (non-hydrogen) atoms. The molecule has 0 amide bonds. The maximum absolute atomic E-state index is 11.1. The van der Waals surface area contributed by atoms with Crippen molar-refractivity contribution in [3.8, 4) is 0 Å². The van der Waals surface area contributed by atoms with Crippen molar-refractivity contribution < 1.29 is 14.3 Å². The van der Waals surface area contributed by atoms with E-state index in [2.05, 4.69) is 24.0 Å².